The van der Waals surface area contributed by atoms with Crippen LogP contribution in [0.15, 0.2) is 36.4 Å². The Morgan fingerprint density at radius 3 is 1.48 bits per heavy atom. The van der Waals surface area contributed by atoms with Crippen LogP contribution in [0, 0.1) is 13.8 Å². The van der Waals surface area contributed by atoms with Crippen LogP contribution in [0.3, 0.4) is 0 Å². The van der Waals surface area contributed by atoms with E-state index in [2.05, 4.69) is 44.4 Å². The van der Waals surface area contributed by atoms with Crippen molar-refractivity contribution >= 4 is 31.8 Å². The van der Waals surface area contributed by atoms with Crippen LogP contribution in [0.25, 0.3) is 0 Å². The lowest BCUT2D eigenvalue weighted by Gasteiger charge is -2.15. The van der Waals surface area contributed by atoms with Crippen molar-refractivity contribution < 1.29 is 23.1 Å². The van der Waals surface area contributed by atoms with E-state index in [1.54, 1.807) is 50.6 Å². The van der Waals surface area contributed by atoms with Crippen molar-refractivity contribution in [3.63, 3.8) is 0 Å². The van der Waals surface area contributed by atoms with Gasteiger partial charge in [-0.25, -0.2) is 19.0 Å². The van der Waals surface area contributed by atoms with Crippen molar-refractivity contribution in [2.45, 2.75) is 66.2 Å². The first kappa shape index (κ1) is 35.9. The third kappa shape index (κ3) is 9.57. The third-order valence-corrected chi connectivity index (χ3v) is 8.43. The van der Waals surface area contributed by atoms with Gasteiger partial charge >= 0.3 is 8.25 Å². The van der Waals surface area contributed by atoms with Crippen LogP contribution in [-0.2, 0) is 17.4 Å². The quantitative estimate of drug-likeness (QED) is 0.0639. The van der Waals surface area contributed by atoms with Gasteiger partial charge < -0.3 is 31.6 Å². The molecule has 256 valence electrons. The number of rotatable bonds is 18. The van der Waals surface area contributed by atoms with Crippen molar-refractivity contribution in [3.05, 3.63) is 70.0 Å². The van der Waals surface area contributed by atoms with Gasteiger partial charge in [0.25, 0.3) is 0 Å². The standard InChI is InChI=1S/C34H46N8O5P/c1-7-9-15-37-31-27(21(3)39-33(35)41-31)19-23-17-25(11-13-29(23)44-5)46-48(43)47-26-12-14-30(45-6)24(18-26)20-28-22(4)40-34(36)42-32(28)38-16-10-8-2/h11-14,17-18H,7-10,15-16,19-20H2,1-6H3,(H3,35,37,39,41)(H3,36,38,40,42)/q+1. The second-order valence-electron chi connectivity index (χ2n) is 11.3. The summed E-state index contributed by atoms with van der Waals surface area (Å²) in [7, 11) is 0.596. The molecule has 0 bridgehead atoms. The minimum absolute atomic E-state index is 0.205. The van der Waals surface area contributed by atoms with Crippen LogP contribution in [0.5, 0.6) is 23.0 Å². The summed E-state index contributed by atoms with van der Waals surface area (Å²) in [6.45, 7) is 9.56. The maximum Gasteiger partial charge on any atom is 0.805 e. The van der Waals surface area contributed by atoms with E-state index in [1.165, 1.54) is 0 Å². The molecule has 0 saturated heterocycles. The normalized spacial score (nSPS) is 10.8. The van der Waals surface area contributed by atoms with E-state index in [9.17, 15) is 4.57 Å². The Kier molecular flexibility index (Phi) is 13.0. The lowest BCUT2D eigenvalue weighted by atomic mass is 10.0. The number of nitrogens with one attached hydrogen (secondary N) is 2. The molecular weight excluding hydrogens is 631 g/mol. The summed E-state index contributed by atoms with van der Waals surface area (Å²) < 4.78 is 36.0. The van der Waals surface area contributed by atoms with Gasteiger partial charge in [0.15, 0.2) is 11.5 Å². The summed E-state index contributed by atoms with van der Waals surface area (Å²) in [4.78, 5) is 17.6. The van der Waals surface area contributed by atoms with E-state index >= 15 is 0 Å². The summed E-state index contributed by atoms with van der Waals surface area (Å²) in [5.41, 5.74) is 16.8. The first-order valence-corrected chi connectivity index (χ1v) is 17.2. The van der Waals surface area contributed by atoms with Gasteiger partial charge in [-0.05, 0) is 63.1 Å². The summed E-state index contributed by atoms with van der Waals surface area (Å²) >= 11 is 0. The van der Waals surface area contributed by atoms with Crippen molar-refractivity contribution in [1.82, 2.24) is 19.9 Å². The highest BCUT2D eigenvalue weighted by Gasteiger charge is 2.26. The second-order valence-corrected chi connectivity index (χ2v) is 12.1. The number of ether oxygens (including phenoxy) is 2. The van der Waals surface area contributed by atoms with Crippen LogP contribution >= 0.6 is 8.25 Å². The molecule has 0 aliphatic carbocycles. The first-order valence-electron chi connectivity index (χ1n) is 16.1. The predicted octanol–water partition coefficient (Wildman–Crippen LogP) is 6.79. The zero-order chi connectivity index (χ0) is 34.6. The fraction of sp³-hybridized carbons (Fsp3) is 0.412. The molecule has 0 aliphatic rings. The van der Waals surface area contributed by atoms with Gasteiger partial charge in [-0.15, -0.1) is 0 Å². The van der Waals surface area contributed by atoms with Crippen molar-refractivity contribution in [1.29, 1.82) is 0 Å². The molecule has 6 N–H and O–H groups in total. The third-order valence-electron chi connectivity index (χ3n) is 7.71. The summed E-state index contributed by atoms with van der Waals surface area (Å²) in [5, 5.41) is 6.76. The number of hydrogen-bond acceptors (Lipinski definition) is 13. The fourth-order valence-corrected chi connectivity index (χ4v) is 5.80. The average molecular weight is 678 g/mol. The van der Waals surface area contributed by atoms with Gasteiger partial charge in [0.05, 0.1) is 14.2 Å². The molecule has 2 aromatic carbocycles. The van der Waals surface area contributed by atoms with E-state index in [1.807, 2.05) is 13.8 Å². The van der Waals surface area contributed by atoms with E-state index in [0.717, 1.165) is 72.4 Å². The Labute approximate surface area is 283 Å². The predicted molar refractivity (Wildman–Crippen MR) is 190 cm³/mol. The van der Waals surface area contributed by atoms with Crippen LogP contribution in [0.1, 0.15) is 73.2 Å². The molecule has 0 atom stereocenters. The van der Waals surface area contributed by atoms with E-state index in [0.29, 0.717) is 47.5 Å². The van der Waals surface area contributed by atoms with Gasteiger partial charge in [-0.3, -0.25) is 0 Å². The molecule has 0 unspecified atom stereocenters. The maximum atomic E-state index is 13.2. The van der Waals surface area contributed by atoms with Crippen LogP contribution in [0.2, 0.25) is 0 Å². The Hall–Kier alpha value is -4.90. The molecule has 0 aliphatic heterocycles. The molecule has 0 fully saturated rings. The highest BCUT2D eigenvalue weighted by Crippen LogP contribution is 2.37. The number of aryl methyl sites for hydroxylation is 2. The SMILES string of the molecule is CCCCNc1nc(N)nc(C)c1Cc1cc(O[P+](=O)Oc2ccc(OC)c(Cc3c(C)nc(N)nc3NCCCC)c2)ccc1OC. The molecule has 14 heteroatoms. The number of unbranched alkanes of at least 4 members (excludes halogenated alkanes) is 2. The average Bonchev–Trinajstić information content (AvgIpc) is 3.04. The lowest BCUT2D eigenvalue weighted by molar-refractivity contribution is 0.401. The maximum absolute atomic E-state index is 13.2. The number of hydrogen-bond donors (Lipinski definition) is 4. The monoisotopic (exact) mass is 677 g/mol. The summed E-state index contributed by atoms with van der Waals surface area (Å²) in [6, 6.07) is 10.4. The fourth-order valence-electron chi connectivity index (χ4n) is 5.19. The van der Waals surface area contributed by atoms with E-state index in [4.69, 9.17) is 30.0 Å². The zero-order valence-electron chi connectivity index (χ0n) is 28.6. The van der Waals surface area contributed by atoms with E-state index in [-0.39, 0.29) is 11.9 Å². The molecule has 48 heavy (non-hydrogen) atoms. The van der Waals surface area contributed by atoms with Gasteiger partial charge in [0, 0.05) is 64.1 Å². The number of nitrogens with zero attached hydrogens (tertiary/aromatic N) is 4. The topological polar surface area (TPSA) is 182 Å². The van der Waals surface area contributed by atoms with Gasteiger partial charge in [0.1, 0.15) is 23.1 Å². The smallest absolute Gasteiger partial charge is 0.496 e. The molecule has 0 spiro atoms. The number of anilines is 4. The van der Waals surface area contributed by atoms with Crippen LogP contribution in [-0.4, -0.2) is 47.2 Å². The van der Waals surface area contributed by atoms with Gasteiger partial charge in [-0.1, -0.05) is 26.7 Å². The molecule has 0 radical (unpaired) electrons. The Balaban J connectivity index is 1.53. The summed E-state index contributed by atoms with van der Waals surface area (Å²) in [5.74, 6) is 3.75. The second kappa shape index (κ2) is 17.3. The lowest BCUT2D eigenvalue weighted by Crippen LogP contribution is -2.11. The Bertz CT molecular complexity index is 1600. The molecular formula is C34H46N8O5P+. The van der Waals surface area contributed by atoms with E-state index < -0.39 is 8.25 Å². The molecule has 2 aromatic heterocycles. The molecule has 13 nitrogen and oxygen atoms in total. The van der Waals surface area contributed by atoms with Crippen LogP contribution in [0.4, 0.5) is 23.5 Å². The molecule has 4 rings (SSSR count). The number of methoxy groups -OCH3 is 2. The zero-order valence-corrected chi connectivity index (χ0v) is 29.4. The van der Waals surface area contributed by atoms with Crippen molar-refractivity contribution in [2.75, 3.05) is 49.4 Å². The minimum Gasteiger partial charge on any atom is -0.496 e. The highest BCUT2D eigenvalue weighted by atomic mass is 31.1. The molecule has 2 heterocycles. The van der Waals surface area contributed by atoms with Crippen molar-refractivity contribution in [2.24, 2.45) is 0 Å². The Morgan fingerprint density at radius 1 is 0.688 bits per heavy atom. The largest absolute Gasteiger partial charge is 0.805 e. The molecule has 4 aromatic rings. The number of nitrogen functional groups attached to an aromatic ring is 2. The minimum atomic E-state index is -2.60. The van der Waals surface area contributed by atoms with Crippen molar-refractivity contribution in [3.8, 4) is 23.0 Å². The number of nitrogens with two attached hydrogens (primary N) is 2. The summed E-state index contributed by atoms with van der Waals surface area (Å²) in [6.07, 6.45) is 4.94. The molecule has 0 amide bonds. The number of benzene rings is 2. The highest BCUT2D eigenvalue weighted by molar-refractivity contribution is 7.34. The van der Waals surface area contributed by atoms with Crippen LogP contribution < -0.4 is 40.6 Å². The first-order chi connectivity index (χ1) is 23.1. The number of aromatic nitrogens is 4. The van der Waals surface area contributed by atoms with Gasteiger partial charge in [-0.2, -0.15) is 9.97 Å². The van der Waals surface area contributed by atoms with Gasteiger partial charge in [0.2, 0.25) is 11.9 Å². The molecule has 0 saturated carbocycles. The Morgan fingerprint density at radius 2 is 1.10 bits per heavy atom.